The summed E-state index contributed by atoms with van der Waals surface area (Å²) in [4.78, 5) is 0. The molecule has 46 valence electrons. The van der Waals surface area contributed by atoms with E-state index in [2.05, 4.69) is 0 Å². The molecule has 0 bridgehead atoms. The van der Waals surface area contributed by atoms with Crippen LogP contribution in [0.25, 0.3) is 0 Å². The Balaban J connectivity index is 3.00. The first kappa shape index (κ1) is 6.49. The van der Waals surface area contributed by atoms with Gasteiger partial charge in [-0.05, 0) is 14.2 Å². The van der Waals surface area contributed by atoms with Gasteiger partial charge in [-0.1, -0.05) is 20.7 Å². The third-order valence-electron chi connectivity index (χ3n) is 0.919. The minimum absolute atomic E-state index is 0.0250. The average molecular weight is 232 g/mol. The summed E-state index contributed by atoms with van der Waals surface area (Å²) in [5.41, 5.74) is 6.69. The van der Waals surface area contributed by atoms with Gasteiger partial charge >= 0.3 is 0 Å². The van der Waals surface area contributed by atoms with Crippen molar-refractivity contribution in [2.24, 2.45) is 5.73 Å². The number of allylic oxidation sites excluding steroid dienone is 2. The summed E-state index contributed by atoms with van der Waals surface area (Å²) < 4.78 is 3.96. The maximum atomic E-state index is 8.43. The van der Waals surface area contributed by atoms with Gasteiger partial charge < -0.3 is 5.73 Å². The molecule has 0 saturated carbocycles. The van der Waals surface area contributed by atoms with Crippen LogP contribution in [-0.2, 0) is 0 Å². The van der Waals surface area contributed by atoms with E-state index in [1.54, 1.807) is 0 Å². The summed E-state index contributed by atoms with van der Waals surface area (Å²) in [7, 11) is 0. The fourth-order valence-electron chi connectivity index (χ4n) is 0.445. The van der Waals surface area contributed by atoms with Crippen molar-refractivity contribution < 1.29 is 0 Å². The second kappa shape index (κ2) is 2.78. The highest BCUT2D eigenvalue weighted by Crippen LogP contribution is 2.13. The Kier molecular flexibility index (Phi) is 2.01. The lowest BCUT2D eigenvalue weighted by Gasteiger charge is -1.97. The van der Waals surface area contributed by atoms with Crippen molar-refractivity contribution in [3.8, 4) is 6.07 Å². The molecule has 0 amide bonds. The van der Waals surface area contributed by atoms with Crippen LogP contribution in [0.2, 0.25) is 0 Å². The molecule has 0 aromatic heterocycles. The molecule has 2 N–H and O–H groups in total. The lowest BCUT2D eigenvalue weighted by Crippen LogP contribution is -2.00. The molecule has 0 saturated heterocycles. The Bertz CT molecular complexity index is 242. The van der Waals surface area contributed by atoms with Gasteiger partial charge in [0, 0.05) is 0 Å². The Hall–Kier alpha value is -0.630. The van der Waals surface area contributed by atoms with Gasteiger partial charge in [0.25, 0.3) is 0 Å². The van der Waals surface area contributed by atoms with E-state index in [1.807, 2.05) is 20.2 Å². The Morgan fingerprint density at radius 3 is 2.89 bits per heavy atom. The topological polar surface area (TPSA) is 49.8 Å². The molecule has 0 radical (unpaired) electrons. The first-order chi connectivity index (χ1) is 4.34. The van der Waals surface area contributed by atoms with Crippen molar-refractivity contribution in [3.63, 3.8) is 0 Å². The largest absolute Gasteiger partial charge is 0.398 e. The Morgan fingerprint density at radius 1 is 1.67 bits per heavy atom. The summed E-state index contributed by atoms with van der Waals surface area (Å²) in [6, 6.07) is 2.03. The van der Waals surface area contributed by atoms with Crippen LogP contribution in [0.3, 0.4) is 0 Å². The fraction of sp³-hybridized carbons (Fsp3) is 0. The van der Waals surface area contributed by atoms with Crippen LogP contribution in [0.5, 0.6) is 0 Å². The minimum atomic E-state index is -0.0250. The van der Waals surface area contributed by atoms with Gasteiger partial charge in [0.15, 0.2) is 0 Å². The van der Waals surface area contributed by atoms with Crippen LogP contribution in [0.1, 0.15) is 0 Å². The van der Waals surface area contributed by atoms with Crippen LogP contribution in [0, 0.1) is 11.3 Å². The summed E-state index contributed by atoms with van der Waals surface area (Å²) >= 11 is -0.0250. The van der Waals surface area contributed by atoms with Crippen molar-refractivity contribution in [2.45, 2.75) is 0 Å². The highest BCUT2D eigenvalue weighted by atomic mass is 127. The number of rotatable bonds is 0. The monoisotopic (exact) mass is 232 g/mol. The molecule has 1 aliphatic rings. The van der Waals surface area contributed by atoms with Gasteiger partial charge in [-0.2, -0.15) is 5.26 Å². The van der Waals surface area contributed by atoms with E-state index in [9.17, 15) is 0 Å². The number of hydrogen-bond acceptors (Lipinski definition) is 2. The summed E-state index contributed by atoms with van der Waals surface area (Å²) in [6.45, 7) is 0. The van der Waals surface area contributed by atoms with Crippen LogP contribution >= 0.6 is 20.7 Å². The molecule has 0 aromatic rings. The highest BCUT2D eigenvalue weighted by Gasteiger charge is 1.98. The van der Waals surface area contributed by atoms with Crippen molar-refractivity contribution in [1.29, 1.82) is 5.26 Å². The Labute approximate surface area is 63.4 Å². The van der Waals surface area contributed by atoms with E-state index < -0.39 is 0 Å². The van der Waals surface area contributed by atoms with E-state index in [4.69, 9.17) is 11.0 Å². The van der Waals surface area contributed by atoms with Crippen LogP contribution in [0.4, 0.5) is 0 Å². The molecule has 0 atom stereocenters. The molecule has 2 nitrogen and oxygen atoms in total. The number of nitrogens with zero attached hydrogens (tertiary/aromatic N) is 1. The normalized spacial score (nSPS) is 16.8. The van der Waals surface area contributed by atoms with Crippen LogP contribution < -0.4 is 5.73 Å². The first-order valence-electron chi connectivity index (χ1n) is 2.36. The molecular formula is C6H5IN2. The van der Waals surface area contributed by atoms with E-state index in [1.165, 1.54) is 0 Å². The maximum absolute atomic E-state index is 8.43. The van der Waals surface area contributed by atoms with E-state index in [-0.39, 0.29) is 20.7 Å². The number of halogens is 1. The number of nitriles is 1. The third-order valence-corrected chi connectivity index (χ3v) is 2.68. The van der Waals surface area contributed by atoms with Gasteiger partial charge in [-0.3, -0.25) is 0 Å². The van der Waals surface area contributed by atoms with Crippen LogP contribution in [0.15, 0.2) is 21.4 Å². The number of nitrogens with two attached hydrogens (primary N) is 1. The Morgan fingerprint density at radius 2 is 2.44 bits per heavy atom. The zero-order valence-electron chi connectivity index (χ0n) is 4.63. The van der Waals surface area contributed by atoms with Gasteiger partial charge in [0.1, 0.15) is 6.07 Å². The van der Waals surface area contributed by atoms with E-state index in [0.717, 1.165) is 0 Å². The summed E-state index contributed by atoms with van der Waals surface area (Å²) in [6.07, 6.45) is 1.81. The smallest absolute Gasteiger partial charge is 0.102 e. The lowest BCUT2D eigenvalue weighted by molar-refractivity contribution is 1.36. The summed E-state index contributed by atoms with van der Waals surface area (Å²) in [5.74, 6) is 0. The zero-order valence-corrected chi connectivity index (χ0v) is 6.79. The molecule has 1 aliphatic heterocycles. The molecule has 1 heterocycles. The minimum Gasteiger partial charge on any atom is -0.398 e. The molecule has 9 heavy (non-hydrogen) atoms. The maximum Gasteiger partial charge on any atom is 0.102 e. The van der Waals surface area contributed by atoms with Crippen molar-refractivity contribution >= 4 is 24.7 Å². The average Bonchev–Trinajstić information content (AvgIpc) is 1.89. The van der Waals surface area contributed by atoms with Crippen LogP contribution in [-0.4, -0.2) is 4.01 Å². The van der Waals surface area contributed by atoms with Gasteiger partial charge in [0.05, 0.1) is 11.3 Å². The SMILES string of the molecule is N#CC1=CI=CC=C1N. The predicted octanol–water partition coefficient (Wildman–Crippen LogP) is 1.02. The van der Waals surface area contributed by atoms with E-state index in [0.29, 0.717) is 11.3 Å². The quantitative estimate of drug-likeness (QED) is 0.634. The molecule has 0 fully saturated rings. The van der Waals surface area contributed by atoms with Gasteiger partial charge in [0.2, 0.25) is 0 Å². The number of hydrogen-bond donors (Lipinski definition) is 1. The standard InChI is InChI=1S/C6H5IN2/c8-4-5-3-7-2-1-6(5)9/h1-3H,9H2. The highest BCUT2D eigenvalue weighted by molar-refractivity contribution is 14.2. The second-order valence-corrected chi connectivity index (χ2v) is 3.57. The first-order valence-corrected chi connectivity index (χ1v) is 4.85. The third kappa shape index (κ3) is 1.39. The molecule has 0 spiro atoms. The molecule has 3 heteroatoms. The van der Waals surface area contributed by atoms with Gasteiger partial charge in [-0.15, -0.1) is 0 Å². The van der Waals surface area contributed by atoms with Gasteiger partial charge in [-0.25, -0.2) is 0 Å². The second-order valence-electron chi connectivity index (χ2n) is 1.51. The van der Waals surface area contributed by atoms with E-state index >= 15 is 0 Å². The molecule has 0 aromatic carbocycles. The van der Waals surface area contributed by atoms with Crippen molar-refractivity contribution in [3.05, 3.63) is 21.4 Å². The predicted molar refractivity (Wildman–Crippen MR) is 46.1 cm³/mol. The zero-order chi connectivity index (χ0) is 6.69. The molecular weight excluding hydrogens is 227 g/mol. The lowest BCUT2D eigenvalue weighted by atomic mass is 10.2. The molecule has 0 aliphatic carbocycles. The molecule has 0 unspecified atom stereocenters. The molecule has 1 rings (SSSR count). The fourth-order valence-corrected chi connectivity index (χ4v) is 2.11. The van der Waals surface area contributed by atoms with Crippen molar-refractivity contribution in [1.82, 2.24) is 0 Å². The van der Waals surface area contributed by atoms with Crippen molar-refractivity contribution in [2.75, 3.05) is 0 Å². The summed E-state index contributed by atoms with van der Waals surface area (Å²) in [5, 5.41) is 8.43.